The fourth-order valence-corrected chi connectivity index (χ4v) is 3.18. The molecule has 148 valence electrons. The van der Waals surface area contributed by atoms with Gasteiger partial charge in [0, 0.05) is 25.9 Å². The first-order valence-corrected chi connectivity index (χ1v) is 9.02. The summed E-state index contributed by atoms with van der Waals surface area (Å²) in [5.74, 6) is -3.29. The Kier molecular flexibility index (Phi) is 5.01. The zero-order chi connectivity index (χ0) is 19.8. The monoisotopic (exact) mass is 382 g/mol. The van der Waals surface area contributed by atoms with Crippen LogP contribution in [0.5, 0.6) is 0 Å². The Hall–Kier alpha value is -2.38. The number of hydrogen-bond acceptors (Lipinski definition) is 4. The minimum Gasteiger partial charge on any atom is -0.444 e. The van der Waals surface area contributed by atoms with Gasteiger partial charge in [0.25, 0.3) is 0 Å². The molecule has 6 nitrogen and oxygen atoms in total. The number of halogens is 2. The summed E-state index contributed by atoms with van der Waals surface area (Å²) >= 11 is 0. The maximum Gasteiger partial charge on any atom is 0.419 e. The molecule has 27 heavy (non-hydrogen) atoms. The van der Waals surface area contributed by atoms with E-state index in [0.29, 0.717) is 30.6 Å². The first-order valence-electron chi connectivity index (χ1n) is 9.02. The molecule has 1 aromatic heterocycles. The Morgan fingerprint density at radius 1 is 1.37 bits per heavy atom. The Labute approximate surface area is 155 Å². The number of ether oxygens (including phenoxy) is 1. The number of aromatic nitrogens is 1. The van der Waals surface area contributed by atoms with Crippen molar-refractivity contribution < 1.29 is 22.7 Å². The highest BCUT2D eigenvalue weighted by Gasteiger charge is 2.45. The van der Waals surface area contributed by atoms with E-state index in [9.17, 15) is 18.4 Å². The topological polar surface area (TPSA) is 73.5 Å². The highest BCUT2D eigenvalue weighted by molar-refractivity contribution is 5.74. The smallest absolute Gasteiger partial charge is 0.419 e. The van der Waals surface area contributed by atoms with Gasteiger partial charge in [0.1, 0.15) is 5.60 Å². The lowest BCUT2D eigenvalue weighted by Crippen LogP contribution is -2.33. The standard InChI is InChI=1S/C19H24F2N2O4/c1-18(2,3)27-16(24)22-7-4-8-23-14-9-12(13-10-19(20,21)11-13)5-6-15(14)26-17(23)25/h5-6,9,13H,4,7-8,10-11H2,1-3H3,(H,22,24). The summed E-state index contributed by atoms with van der Waals surface area (Å²) < 4.78 is 38.1. The number of amides is 1. The molecule has 0 aliphatic heterocycles. The number of nitrogens with zero attached hydrogens (tertiary/aromatic N) is 1. The van der Waals surface area contributed by atoms with E-state index in [1.165, 1.54) is 4.57 Å². The van der Waals surface area contributed by atoms with Crippen LogP contribution in [0.15, 0.2) is 27.4 Å². The van der Waals surface area contributed by atoms with Crippen LogP contribution in [0.25, 0.3) is 11.1 Å². The van der Waals surface area contributed by atoms with Crippen molar-refractivity contribution in [2.24, 2.45) is 0 Å². The van der Waals surface area contributed by atoms with Crippen LogP contribution >= 0.6 is 0 Å². The molecule has 1 fully saturated rings. The number of carbonyl (C=O) groups excluding carboxylic acids is 1. The number of nitrogens with one attached hydrogen (secondary N) is 1. The van der Waals surface area contributed by atoms with Crippen molar-refractivity contribution in [3.63, 3.8) is 0 Å². The lowest BCUT2D eigenvalue weighted by atomic mass is 9.77. The first-order chi connectivity index (χ1) is 12.5. The lowest BCUT2D eigenvalue weighted by Gasteiger charge is -2.35. The van der Waals surface area contributed by atoms with E-state index < -0.39 is 23.4 Å². The molecule has 1 amide bonds. The number of alkyl carbamates (subject to hydrolysis) is 1. The van der Waals surface area contributed by atoms with E-state index in [0.717, 1.165) is 5.56 Å². The van der Waals surface area contributed by atoms with Crippen LogP contribution in [0.4, 0.5) is 13.6 Å². The Balaban J connectivity index is 1.63. The van der Waals surface area contributed by atoms with Crippen LogP contribution in [-0.4, -0.2) is 28.7 Å². The van der Waals surface area contributed by atoms with Crippen LogP contribution in [0, 0.1) is 0 Å². The average Bonchev–Trinajstić information content (AvgIpc) is 2.82. The first kappa shape index (κ1) is 19.4. The van der Waals surface area contributed by atoms with Crippen molar-refractivity contribution in [1.29, 1.82) is 0 Å². The van der Waals surface area contributed by atoms with E-state index in [1.54, 1.807) is 39.0 Å². The molecule has 1 saturated carbocycles. The Morgan fingerprint density at radius 3 is 2.70 bits per heavy atom. The number of rotatable bonds is 5. The highest BCUT2D eigenvalue weighted by Crippen LogP contribution is 2.48. The van der Waals surface area contributed by atoms with Crippen molar-refractivity contribution >= 4 is 17.2 Å². The van der Waals surface area contributed by atoms with Crippen molar-refractivity contribution in [1.82, 2.24) is 9.88 Å². The third-order valence-electron chi connectivity index (χ3n) is 4.48. The van der Waals surface area contributed by atoms with Gasteiger partial charge in [-0.05, 0) is 50.8 Å². The minimum atomic E-state index is -2.59. The fourth-order valence-electron chi connectivity index (χ4n) is 3.18. The molecule has 0 bridgehead atoms. The molecule has 1 aliphatic rings. The zero-order valence-electron chi connectivity index (χ0n) is 15.7. The Morgan fingerprint density at radius 2 is 2.07 bits per heavy atom. The van der Waals surface area contributed by atoms with Gasteiger partial charge in [-0.2, -0.15) is 0 Å². The number of hydrogen-bond donors (Lipinski definition) is 1. The molecule has 1 N–H and O–H groups in total. The van der Waals surface area contributed by atoms with Gasteiger partial charge in [-0.1, -0.05) is 6.07 Å². The van der Waals surface area contributed by atoms with Crippen molar-refractivity contribution in [2.45, 2.75) is 64.0 Å². The largest absolute Gasteiger partial charge is 0.444 e. The van der Waals surface area contributed by atoms with Gasteiger partial charge in [-0.25, -0.2) is 18.4 Å². The summed E-state index contributed by atoms with van der Waals surface area (Å²) in [5, 5.41) is 2.64. The predicted octanol–water partition coefficient (Wildman–Crippen LogP) is 4.02. The maximum absolute atomic E-state index is 13.1. The summed E-state index contributed by atoms with van der Waals surface area (Å²) in [6.07, 6.45) is -0.347. The van der Waals surface area contributed by atoms with Gasteiger partial charge < -0.3 is 14.5 Å². The molecule has 0 saturated heterocycles. The lowest BCUT2D eigenvalue weighted by molar-refractivity contribution is -0.0867. The Bertz CT molecular complexity index is 887. The molecule has 1 aromatic carbocycles. The normalized spacial score (nSPS) is 16.9. The predicted molar refractivity (Wildman–Crippen MR) is 96.2 cm³/mol. The van der Waals surface area contributed by atoms with Gasteiger partial charge in [0.15, 0.2) is 5.58 Å². The molecule has 0 radical (unpaired) electrons. The fraction of sp³-hybridized carbons (Fsp3) is 0.579. The van der Waals surface area contributed by atoms with Gasteiger partial charge in [-0.3, -0.25) is 4.57 Å². The van der Waals surface area contributed by atoms with Crippen LogP contribution in [0.1, 0.15) is 51.5 Å². The molecule has 0 atom stereocenters. The summed E-state index contributed by atoms with van der Waals surface area (Å²) in [6, 6.07) is 5.14. The van der Waals surface area contributed by atoms with Crippen LogP contribution in [0.3, 0.4) is 0 Å². The molecular weight excluding hydrogens is 358 g/mol. The van der Waals surface area contributed by atoms with Crippen molar-refractivity contribution in [3.05, 3.63) is 34.3 Å². The number of carbonyl (C=O) groups is 1. The molecule has 0 unspecified atom stereocenters. The number of fused-ring (bicyclic) bond motifs is 1. The van der Waals surface area contributed by atoms with Gasteiger partial charge in [0.05, 0.1) is 5.52 Å². The minimum absolute atomic E-state index is 0.166. The second-order valence-corrected chi connectivity index (χ2v) is 7.99. The highest BCUT2D eigenvalue weighted by atomic mass is 19.3. The molecule has 3 rings (SSSR count). The van der Waals surface area contributed by atoms with Crippen molar-refractivity contribution in [3.8, 4) is 0 Å². The molecule has 8 heteroatoms. The maximum atomic E-state index is 13.1. The van der Waals surface area contributed by atoms with E-state index in [-0.39, 0.29) is 18.8 Å². The SMILES string of the molecule is CC(C)(C)OC(=O)NCCCn1c(=O)oc2ccc(C3CC(F)(F)C3)cc21. The number of alkyl halides is 2. The molecular formula is C19H24F2N2O4. The van der Waals surface area contributed by atoms with Crippen LogP contribution in [0.2, 0.25) is 0 Å². The molecule has 2 aromatic rings. The van der Waals surface area contributed by atoms with Crippen LogP contribution < -0.4 is 11.1 Å². The van der Waals surface area contributed by atoms with Gasteiger partial charge >= 0.3 is 11.8 Å². The summed E-state index contributed by atoms with van der Waals surface area (Å²) in [4.78, 5) is 23.7. The summed E-state index contributed by atoms with van der Waals surface area (Å²) in [6.45, 7) is 6.01. The van der Waals surface area contributed by atoms with E-state index in [2.05, 4.69) is 5.32 Å². The van der Waals surface area contributed by atoms with Gasteiger partial charge in [-0.15, -0.1) is 0 Å². The van der Waals surface area contributed by atoms with Crippen LogP contribution in [-0.2, 0) is 11.3 Å². The van der Waals surface area contributed by atoms with E-state index in [1.807, 2.05) is 0 Å². The number of oxazole rings is 1. The third-order valence-corrected chi connectivity index (χ3v) is 4.48. The number of aryl methyl sites for hydroxylation is 1. The number of benzene rings is 1. The molecule has 1 aliphatic carbocycles. The summed E-state index contributed by atoms with van der Waals surface area (Å²) in [5.41, 5.74) is 1.23. The van der Waals surface area contributed by atoms with E-state index in [4.69, 9.17) is 9.15 Å². The zero-order valence-corrected chi connectivity index (χ0v) is 15.7. The molecule has 1 heterocycles. The third kappa shape index (κ3) is 4.67. The quantitative estimate of drug-likeness (QED) is 0.793. The summed E-state index contributed by atoms with van der Waals surface area (Å²) in [7, 11) is 0. The average molecular weight is 382 g/mol. The molecule has 0 spiro atoms. The van der Waals surface area contributed by atoms with Gasteiger partial charge in [0.2, 0.25) is 5.92 Å². The second kappa shape index (κ2) is 6.98. The van der Waals surface area contributed by atoms with E-state index >= 15 is 0 Å². The second-order valence-electron chi connectivity index (χ2n) is 7.99. The van der Waals surface area contributed by atoms with Crippen molar-refractivity contribution in [2.75, 3.05) is 6.54 Å².